The number of hydrogen-bond acceptors (Lipinski definition) is 4. The molecule has 5 nitrogen and oxygen atoms in total. The number of nitrogens with zero attached hydrogens (tertiary/aromatic N) is 2. The highest BCUT2D eigenvalue weighted by Gasteiger charge is 2.30. The summed E-state index contributed by atoms with van der Waals surface area (Å²) in [6.45, 7) is 3.62. The van der Waals surface area contributed by atoms with Crippen molar-refractivity contribution in [2.45, 2.75) is 38.3 Å². The Balaban J connectivity index is 1.65. The molecule has 4 rings (SSSR count). The van der Waals surface area contributed by atoms with Gasteiger partial charge >= 0.3 is 0 Å². The SMILES string of the molecule is COc1ccccc1CN(C(=O)c1ccccc1N1CCOCC1)C1CCCC1. The first-order chi connectivity index (χ1) is 14.3. The maximum Gasteiger partial charge on any atom is 0.256 e. The zero-order chi connectivity index (χ0) is 20.1. The molecule has 0 spiro atoms. The van der Waals surface area contributed by atoms with Gasteiger partial charge in [0, 0.05) is 36.9 Å². The molecule has 2 fully saturated rings. The Kier molecular flexibility index (Phi) is 6.35. The normalized spacial score (nSPS) is 17.3. The summed E-state index contributed by atoms with van der Waals surface area (Å²) in [4.78, 5) is 18.2. The molecule has 5 heteroatoms. The predicted molar refractivity (Wildman–Crippen MR) is 115 cm³/mol. The molecule has 1 saturated heterocycles. The van der Waals surface area contributed by atoms with E-state index in [1.807, 2.05) is 36.4 Å². The number of para-hydroxylation sites is 2. The summed E-state index contributed by atoms with van der Waals surface area (Å²) < 4.78 is 11.1. The van der Waals surface area contributed by atoms with Gasteiger partial charge in [0.05, 0.1) is 25.9 Å². The summed E-state index contributed by atoms with van der Waals surface area (Å²) in [5, 5.41) is 0. The molecule has 1 aliphatic heterocycles. The van der Waals surface area contributed by atoms with Crippen molar-refractivity contribution < 1.29 is 14.3 Å². The summed E-state index contributed by atoms with van der Waals surface area (Å²) in [7, 11) is 1.69. The van der Waals surface area contributed by atoms with Gasteiger partial charge in [-0.05, 0) is 31.0 Å². The zero-order valence-corrected chi connectivity index (χ0v) is 17.2. The van der Waals surface area contributed by atoms with Crippen LogP contribution < -0.4 is 9.64 Å². The second-order valence-electron chi connectivity index (χ2n) is 7.80. The molecule has 2 aromatic rings. The van der Waals surface area contributed by atoms with E-state index in [2.05, 4.69) is 21.9 Å². The van der Waals surface area contributed by atoms with E-state index < -0.39 is 0 Å². The van der Waals surface area contributed by atoms with E-state index in [0.29, 0.717) is 19.8 Å². The molecule has 0 bridgehead atoms. The highest BCUT2D eigenvalue weighted by atomic mass is 16.5. The van der Waals surface area contributed by atoms with Gasteiger partial charge in [0.15, 0.2) is 0 Å². The molecule has 0 radical (unpaired) electrons. The van der Waals surface area contributed by atoms with E-state index >= 15 is 0 Å². The van der Waals surface area contributed by atoms with Gasteiger partial charge in [-0.3, -0.25) is 4.79 Å². The van der Waals surface area contributed by atoms with Crippen LogP contribution in [0.2, 0.25) is 0 Å². The topological polar surface area (TPSA) is 42.0 Å². The largest absolute Gasteiger partial charge is 0.496 e. The molecular weight excluding hydrogens is 364 g/mol. The Hall–Kier alpha value is -2.53. The molecule has 1 aliphatic carbocycles. The fourth-order valence-corrected chi connectivity index (χ4v) is 4.49. The number of carbonyl (C=O) groups is 1. The van der Waals surface area contributed by atoms with E-state index in [1.54, 1.807) is 7.11 Å². The van der Waals surface area contributed by atoms with Crippen molar-refractivity contribution in [1.29, 1.82) is 0 Å². The third kappa shape index (κ3) is 4.40. The summed E-state index contributed by atoms with van der Waals surface area (Å²) >= 11 is 0. The van der Waals surface area contributed by atoms with Gasteiger partial charge in [-0.2, -0.15) is 0 Å². The minimum absolute atomic E-state index is 0.116. The highest BCUT2D eigenvalue weighted by molar-refractivity contribution is 6.00. The minimum Gasteiger partial charge on any atom is -0.496 e. The van der Waals surface area contributed by atoms with E-state index in [0.717, 1.165) is 48.5 Å². The number of amides is 1. The molecule has 154 valence electrons. The number of ether oxygens (including phenoxy) is 2. The van der Waals surface area contributed by atoms with Crippen molar-refractivity contribution in [3.8, 4) is 5.75 Å². The summed E-state index contributed by atoms with van der Waals surface area (Å²) in [6.07, 6.45) is 4.51. The molecule has 1 amide bonds. The third-order valence-electron chi connectivity index (χ3n) is 6.05. The van der Waals surface area contributed by atoms with Gasteiger partial charge in [0.25, 0.3) is 5.91 Å². The molecule has 0 aromatic heterocycles. The van der Waals surface area contributed by atoms with Crippen molar-refractivity contribution in [2.75, 3.05) is 38.3 Å². The van der Waals surface area contributed by atoms with Crippen molar-refractivity contribution in [3.63, 3.8) is 0 Å². The predicted octanol–water partition coefficient (Wildman–Crippen LogP) is 4.12. The Morgan fingerprint density at radius 2 is 1.76 bits per heavy atom. The zero-order valence-electron chi connectivity index (χ0n) is 17.2. The van der Waals surface area contributed by atoms with Crippen LogP contribution in [-0.2, 0) is 11.3 Å². The van der Waals surface area contributed by atoms with Gasteiger partial charge < -0.3 is 19.3 Å². The fourth-order valence-electron chi connectivity index (χ4n) is 4.49. The van der Waals surface area contributed by atoms with Crippen LogP contribution in [0, 0.1) is 0 Å². The van der Waals surface area contributed by atoms with E-state index in [-0.39, 0.29) is 11.9 Å². The van der Waals surface area contributed by atoms with Crippen LogP contribution in [0.15, 0.2) is 48.5 Å². The van der Waals surface area contributed by atoms with Gasteiger partial charge in [0.2, 0.25) is 0 Å². The van der Waals surface area contributed by atoms with Crippen LogP contribution in [-0.4, -0.2) is 50.3 Å². The lowest BCUT2D eigenvalue weighted by molar-refractivity contribution is 0.0662. The van der Waals surface area contributed by atoms with Crippen LogP contribution in [0.5, 0.6) is 5.75 Å². The maximum atomic E-state index is 13.8. The quantitative estimate of drug-likeness (QED) is 0.739. The lowest BCUT2D eigenvalue weighted by Gasteiger charge is -2.34. The lowest BCUT2D eigenvalue weighted by atomic mass is 10.1. The van der Waals surface area contributed by atoms with Gasteiger partial charge in [-0.1, -0.05) is 43.2 Å². The monoisotopic (exact) mass is 394 g/mol. The molecule has 0 N–H and O–H groups in total. The number of carbonyl (C=O) groups excluding carboxylic acids is 1. The summed E-state index contributed by atoms with van der Waals surface area (Å²) in [5.74, 6) is 0.953. The van der Waals surface area contributed by atoms with E-state index in [9.17, 15) is 4.79 Å². The number of morpholine rings is 1. The van der Waals surface area contributed by atoms with Crippen molar-refractivity contribution in [2.24, 2.45) is 0 Å². The molecular formula is C24H30N2O3. The molecule has 2 aromatic carbocycles. The Labute approximate surface area is 173 Å². The highest BCUT2D eigenvalue weighted by Crippen LogP contribution is 2.31. The standard InChI is InChI=1S/C24H30N2O3/c1-28-23-13-7-2-8-19(23)18-26(20-9-3-4-10-20)24(27)21-11-5-6-12-22(21)25-14-16-29-17-15-25/h2,5-8,11-13,20H,3-4,9-10,14-18H2,1H3. The summed E-state index contributed by atoms with van der Waals surface area (Å²) in [5.41, 5.74) is 2.86. The van der Waals surface area contributed by atoms with Crippen LogP contribution >= 0.6 is 0 Å². The number of anilines is 1. The number of hydrogen-bond donors (Lipinski definition) is 0. The lowest BCUT2D eigenvalue weighted by Crippen LogP contribution is -2.41. The van der Waals surface area contributed by atoms with Gasteiger partial charge in [-0.15, -0.1) is 0 Å². The maximum absolute atomic E-state index is 13.8. The second kappa shape index (κ2) is 9.31. The third-order valence-corrected chi connectivity index (χ3v) is 6.05. The number of methoxy groups -OCH3 is 1. The van der Waals surface area contributed by atoms with Crippen LogP contribution in [0.25, 0.3) is 0 Å². The molecule has 0 unspecified atom stereocenters. The fraction of sp³-hybridized carbons (Fsp3) is 0.458. The van der Waals surface area contributed by atoms with Crippen molar-refractivity contribution in [1.82, 2.24) is 4.90 Å². The Morgan fingerprint density at radius 3 is 2.52 bits per heavy atom. The van der Waals surface area contributed by atoms with Crippen LogP contribution in [0.3, 0.4) is 0 Å². The Morgan fingerprint density at radius 1 is 1.07 bits per heavy atom. The van der Waals surface area contributed by atoms with Crippen molar-refractivity contribution in [3.05, 3.63) is 59.7 Å². The smallest absolute Gasteiger partial charge is 0.256 e. The number of rotatable bonds is 6. The first kappa shape index (κ1) is 19.8. The molecule has 29 heavy (non-hydrogen) atoms. The molecule has 1 saturated carbocycles. The van der Waals surface area contributed by atoms with E-state index in [4.69, 9.17) is 9.47 Å². The number of benzene rings is 2. The van der Waals surface area contributed by atoms with Gasteiger partial charge in [0.1, 0.15) is 5.75 Å². The Bertz CT molecular complexity index is 826. The summed E-state index contributed by atoms with van der Waals surface area (Å²) in [6, 6.07) is 16.3. The van der Waals surface area contributed by atoms with Crippen molar-refractivity contribution >= 4 is 11.6 Å². The first-order valence-corrected chi connectivity index (χ1v) is 10.6. The average molecular weight is 395 g/mol. The van der Waals surface area contributed by atoms with Gasteiger partial charge in [-0.25, -0.2) is 0 Å². The minimum atomic E-state index is 0.116. The first-order valence-electron chi connectivity index (χ1n) is 10.6. The van der Waals surface area contributed by atoms with E-state index in [1.165, 1.54) is 12.8 Å². The average Bonchev–Trinajstić information content (AvgIpc) is 3.32. The molecule has 2 aliphatic rings. The molecule has 1 heterocycles. The van der Waals surface area contributed by atoms with Crippen LogP contribution in [0.4, 0.5) is 5.69 Å². The molecule has 0 atom stereocenters. The van der Waals surface area contributed by atoms with Crippen LogP contribution in [0.1, 0.15) is 41.6 Å². The second-order valence-corrected chi connectivity index (χ2v) is 7.80.